The lowest BCUT2D eigenvalue weighted by atomic mass is 10.2. The van der Waals surface area contributed by atoms with Crippen molar-refractivity contribution >= 4 is 56.7 Å². The molecule has 4 nitrogen and oxygen atoms in total. The van der Waals surface area contributed by atoms with Crippen LogP contribution in [0.5, 0.6) is 5.75 Å². The van der Waals surface area contributed by atoms with Crippen molar-refractivity contribution in [1.29, 1.82) is 0 Å². The molecule has 25 heavy (non-hydrogen) atoms. The Balaban J connectivity index is 1.83. The molecule has 128 valence electrons. The number of aryl methyl sites for hydroxylation is 1. The van der Waals surface area contributed by atoms with Gasteiger partial charge in [-0.25, -0.2) is 5.43 Å². The topological polar surface area (TPSA) is 50.7 Å². The Hall–Kier alpha value is -2.08. The van der Waals surface area contributed by atoms with Crippen LogP contribution in [0.15, 0.2) is 41.5 Å². The number of fused-ring (bicyclic) bond motifs is 1. The maximum Gasteiger partial charge on any atom is 0.283 e. The van der Waals surface area contributed by atoms with E-state index in [-0.39, 0.29) is 5.91 Å². The number of amides is 1. The molecule has 0 aliphatic heterocycles. The van der Waals surface area contributed by atoms with Crippen LogP contribution in [0.2, 0.25) is 10.0 Å². The Morgan fingerprint density at radius 2 is 1.88 bits per heavy atom. The van der Waals surface area contributed by atoms with Crippen LogP contribution in [0.25, 0.3) is 10.1 Å². The monoisotopic (exact) mass is 392 g/mol. The van der Waals surface area contributed by atoms with Gasteiger partial charge < -0.3 is 4.74 Å². The zero-order chi connectivity index (χ0) is 18.0. The van der Waals surface area contributed by atoms with Crippen molar-refractivity contribution < 1.29 is 9.53 Å². The van der Waals surface area contributed by atoms with E-state index in [0.717, 1.165) is 11.1 Å². The van der Waals surface area contributed by atoms with Gasteiger partial charge in [0.1, 0.15) is 15.6 Å². The number of hydrogen-bond donors (Lipinski definition) is 1. The predicted octanol–water partition coefficient (Wildman–Crippen LogP) is 5.29. The Kier molecular flexibility index (Phi) is 5.27. The van der Waals surface area contributed by atoms with E-state index in [4.69, 9.17) is 27.9 Å². The molecule has 1 N–H and O–H groups in total. The maximum atomic E-state index is 12.4. The molecule has 2 aromatic carbocycles. The van der Waals surface area contributed by atoms with E-state index in [1.54, 1.807) is 18.3 Å². The van der Waals surface area contributed by atoms with E-state index in [0.29, 0.717) is 30.8 Å². The van der Waals surface area contributed by atoms with Gasteiger partial charge in [-0.1, -0.05) is 53.0 Å². The van der Waals surface area contributed by atoms with Crippen LogP contribution in [0, 0.1) is 6.92 Å². The minimum Gasteiger partial charge on any atom is -0.495 e. The highest BCUT2D eigenvalue weighted by atomic mass is 35.5. The normalized spacial score (nSPS) is 11.2. The number of rotatable bonds is 4. The van der Waals surface area contributed by atoms with Gasteiger partial charge in [-0.15, -0.1) is 11.3 Å². The standard InChI is InChI=1S/C18H14Cl2N2O2S/c1-10-3-5-11(6-4-10)9-21-22-18(23)17-14(19)12-7-8-13(24-2)15(20)16(12)25-17/h3-9H,1-2H3,(H,22,23)/b21-9+. The highest BCUT2D eigenvalue weighted by Crippen LogP contribution is 2.42. The third kappa shape index (κ3) is 3.63. The van der Waals surface area contributed by atoms with E-state index in [1.807, 2.05) is 31.2 Å². The number of hydrogen-bond acceptors (Lipinski definition) is 4. The lowest BCUT2D eigenvalue weighted by Crippen LogP contribution is -2.16. The number of hydrazone groups is 1. The van der Waals surface area contributed by atoms with Crippen molar-refractivity contribution in [2.45, 2.75) is 6.92 Å². The number of thiophene rings is 1. The molecule has 0 aliphatic rings. The van der Waals surface area contributed by atoms with E-state index >= 15 is 0 Å². The Morgan fingerprint density at radius 3 is 2.56 bits per heavy atom. The smallest absolute Gasteiger partial charge is 0.283 e. The minimum absolute atomic E-state index is 0.354. The summed E-state index contributed by atoms with van der Waals surface area (Å²) in [5.41, 5.74) is 4.54. The van der Waals surface area contributed by atoms with Crippen molar-refractivity contribution in [3.63, 3.8) is 0 Å². The van der Waals surface area contributed by atoms with Gasteiger partial charge in [0, 0.05) is 5.39 Å². The summed E-state index contributed by atoms with van der Waals surface area (Å²) in [6.45, 7) is 2.01. The molecule has 3 aromatic rings. The van der Waals surface area contributed by atoms with Crippen LogP contribution in [-0.2, 0) is 0 Å². The second-order valence-electron chi connectivity index (χ2n) is 5.31. The summed E-state index contributed by atoms with van der Waals surface area (Å²) in [6.07, 6.45) is 1.58. The zero-order valence-electron chi connectivity index (χ0n) is 13.5. The third-order valence-corrected chi connectivity index (χ3v) is 5.80. The van der Waals surface area contributed by atoms with Gasteiger partial charge in [0.25, 0.3) is 5.91 Å². The van der Waals surface area contributed by atoms with Gasteiger partial charge >= 0.3 is 0 Å². The number of halogens is 2. The molecular formula is C18H14Cl2N2O2S. The van der Waals surface area contributed by atoms with Crippen molar-refractivity contribution in [2.24, 2.45) is 5.10 Å². The van der Waals surface area contributed by atoms with Crippen LogP contribution in [0.4, 0.5) is 0 Å². The predicted molar refractivity (Wildman–Crippen MR) is 105 cm³/mol. The number of methoxy groups -OCH3 is 1. The number of benzene rings is 2. The molecule has 0 bridgehead atoms. The highest BCUT2D eigenvalue weighted by Gasteiger charge is 2.20. The third-order valence-electron chi connectivity index (χ3n) is 3.58. The Bertz CT molecular complexity index is 965. The second-order valence-corrected chi connectivity index (χ2v) is 7.09. The molecule has 0 saturated heterocycles. The van der Waals surface area contributed by atoms with Gasteiger partial charge in [0.15, 0.2) is 0 Å². The first-order valence-corrected chi connectivity index (χ1v) is 8.93. The number of ether oxygens (including phenoxy) is 1. The molecular weight excluding hydrogens is 379 g/mol. The van der Waals surface area contributed by atoms with Crippen LogP contribution in [0.3, 0.4) is 0 Å². The van der Waals surface area contributed by atoms with Crippen LogP contribution in [-0.4, -0.2) is 19.2 Å². The fraction of sp³-hybridized carbons (Fsp3) is 0.111. The highest BCUT2D eigenvalue weighted by molar-refractivity contribution is 7.22. The average Bonchev–Trinajstić information content (AvgIpc) is 2.95. The summed E-state index contributed by atoms with van der Waals surface area (Å²) in [7, 11) is 1.54. The van der Waals surface area contributed by atoms with E-state index in [2.05, 4.69) is 10.5 Å². The molecule has 1 aromatic heterocycles. The molecule has 1 amide bonds. The molecule has 3 rings (SSSR count). The molecule has 0 radical (unpaired) electrons. The second kappa shape index (κ2) is 7.44. The van der Waals surface area contributed by atoms with Crippen molar-refractivity contribution in [3.05, 3.63) is 62.4 Å². The summed E-state index contributed by atoms with van der Waals surface area (Å²) in [6, 6.07) is 11.3. The lowest BCUT2D eigenvalue weighted by molar-refractivity contribution is 0.0959. The van der Waals surface area contributed by atoms with Gasteiger partial charge in [0.05, 0.1) is 23.0 Å². The van der Waals surface area contributed by atoms with Crippen LogP contribution >= 0.6 is 34.5 Å². The van der Waals surface area contributed by atoms with Gasteiger partial charge in [-0.2, -0.15) is 5.10 Å². The first-order chi connectivity index (χ1) is 12.0. The fourth-order valence-corrected chi connectivity index (χ4v) is 4.04. The molecule has 0 spiro atoms. The van der Waals surface area contributed by atoms with Crippen LogP contribution in [0.1, 0.15) is 20.8 Å². The first-order valence-electron chi connectivity index (χ1n) is 7.36. The van der Waals surface area contributed by atoms with E-state index in [9.17, 15) is 4.79 Å². The SMILES string of the molecule is COc1ccc2c(Cl)c(C(=O)N/N=C/c3ccc(C)cc3)sc2c1Cl. The maximum absolute atomic E-state index is 12.4. The summed E-state index contributed by atoms with van der Waals surface area (Å²) in [5, 5.41) is 5.49. The number of nitrogens with one attached hydrogen (secondary N) is 1. The molecule has 1 heterocycles. The lowest BCUT2D eigenvalue weighted by Gasteiger charge is -2.02. The zero-order valence-corrected chi connectivity index (χ0v) is 15.8. The van der Waals surface area contributed by atoms with E-state index < -0.39 is 0 Å². The summed E-state index contributed by atoms with van der Waals surface area (Å²) in [4.78, 5) is 12.7. The number of carbonyl (C=O) groups is 1. The molecule has 0 saturated carbocycles. The van der Waals surface area contributed by atoms with Gasteiger partial charge in [-0.3, -0.25) is 4.79 Å². The number of carbonyl (C=O) groups excluding carboxylic acids is 1. The van der Waals surface area contributed by atoms with Crippen molar-refractivity contribution in [1.82, 2.24) is 5.43 Å². The van der Waals surface area contributed by atoms with Crippen molar-refractivity contribution in [3.8, 4) is 5.75 Å². The molecule has 0 atom stereocenters. The Labute approximate surface area is 159 Å². The van der Waals surface area contributed by atoms with Crippen molar-refractivity contribution in [2.75, 3.05) is 7.11 Å². The summed E-state index contributed by atoms with van der Waals surface area (Å²) in [5.74, 6) is 0.154. The van der Waals surface area contributed by atoms with Gasteiger partial charge in [-0.05, 0) is 24.6 Å². The molecule has 0 aliphatic carbocycles. The van der Waals surface area contributed by atoms with Crippen LogP contribution < -0.4 is 10.2 Å². The van der Waals surface area contributed by atoms with E-state index in [1.165, 1.54) is 18.4 Å². The average molecular weight is 393 g/mol. The quantitative estimate of drug-likeness (QED) is 0.484. The summed E-state index contributed by atoms with van der Waals surface area (Å²) >= 11 is 13.8. The summed E-state index contributed by atoms with van der Waals surface area (Å²) < 4.78 is 5.90. The molecule has 0 unspecified atom stereocenters. The number of nitrogens with zero attached hydrogens (tertiary/aromatic N) is 1. The van der Waals surface area contributed by atoms with Gasteiger partial charge in [0.2, 0.25) is 0 Å². The fourth-order valence-electron chi connectivity index (χ4n) is 2.25. The molecule has 7 heteroatoms. The largest absolute Gasteiger partial charge is 0.495 e. The Morgan fingerprint density at radius 1 is 1.16 bits per heavy atom. The minimum atomic E-state index is -0.385. The first kappa shape index (κ1) is 17.7. The molecule has 0 fully saturated rings.